The van der Waals surface area contributed by atoms with E-state index < -0.39 is 40.8 Å². The number of nitrogens with zero attached hydrogens (tertiary/aromatic N) is 1. The summed E-state index contributed by atoms with van der Waals surface area (Å²) in [7, 11) is 0. The third-order valence-corrected chi connectivity index (χ3v) is 6.24. The average molecular weight is 468 g/mol. The Bertz CT molecular complexity index is 999. The van der Waals surface area contributed by atoms with Crippen molar-refractivity contribution in [3.05, 3.63) is 70.8 Å². The minimum atomic E-state index is -4.97. The van der Waals surface area contributed by atoms with Crippen LogP contribution >= 0.6 is 0 Å². The molecule has 33 heavy (non-hydrogen) atoms. The minimum Gasteiger partial charge on any atom is -0.349 e. The molecule has 2 aromatic rings. The molecule has 1 amide bonds. The zero-order chi connectivity index (χ0) is 24.4. The van der Waals surface area contributed by atoms with Crippen molar-refractivity contribution in [2.24, 2.45) is 5.92 Å². The summed E-state index contributed by atoms with van der Waals surface area (Å²) in [5, 5.41) is 11.9. The number of nitrogens with one attached hydrogen (secondary N) is 1. The van der Waals surface area contributed by atoms with Crippen LogP contribution in [0, 0.1) is 17.2 Å². The fourth-order valence-corrected chi connectivity index (χ4v) is 4.29. The summed E-state index contributed by atoms with van der Waals surface area (Å²) in [4.78, 5) is 13.4. The topological polar surface area (TPSA) is 52.9 Å². The number of nitriles is 1. The fourth-order valence-electron chi connectivity index (χ4n) is 4.29. The van der Waals surface area contributed by atoms with Gasteiger partial charge in [-0.1, -0.05) is 30.3 Å². The van der Waals surface area contributed by atoms with Gasteiger partial charge < -0.3 is 5.32 Å². The molecule has 1 saturated carbocycles. The van der Waals surface area contributed by atoms with Crippen molar-refractivity contribution in [2.45, 2.75) is 56.4 Å². The van der Waals surface area contributed by atoms with E-state index in [2.05, 4.69) is 11.4 Å². The molecular formula is C24H22F6N2O. The molecule has 1 aliphatic rings. The number of rotatable bonds is 4. The number of benzene rings is 2. The van der Waals surface area contributed by atoms with Gasteiger partial charge in [-0.05, 0) is 61.9 Å². The Morgan fingerprint density at radius 3 is 1.97 bits per heavy atom. The normalized spacial score (nSPS) is 22.3. The highest BCUT2D eigenvalue weighted by molar-refractivity contribution is 5.88. The number of hydrogen-bond donors (Lipinski definition) is 1. The van der Waals surface area contributed by atoms with E-state index in [-0.39, 0.29) is 17.5 Å². The first-order valence-corrected chi connectivity index (χ1v) is 10.4. The van der Waals surface area contributed by atoms with Crippen LogP contribution in [0.15, 0.2) is 48.5 Å². The summed E-state index contributed by atoms with van der Waals surface area (Å²) in [6, 6.07) is 11.2. The highest BCUT2D eigenvalue weighted by Crippen LogP contribution is 2.43. The van der Waals surface area contributed by atoms with E-state index in [0.717, 1.165) is 0 Å². The van der Waals surface area contributed by atoms with E-state index in [1.807, 2.05) is 0 Å². The van der Waals surface area contributed by atoms with Crippen LogP contribution in [0.2, 0.25) is 0 Å². The lowest BCUT2D eigenvalue weighted by molar-refractivity contribution is -0.143. The molecule has 0 aromatic heterocycles. The van der Waals surface area contributed by atoms with Gasteiger partial charge in [0.1, 0.15) is 0 Å². The van der Waals surface area contributed by atoms with Gasteiger partial charge in [-0.15, -0.1) is 0 Å². The molecule has 1 atom stereocenters. The van der Waals surface area contributed by atoms with Crippen LogP contribution in [-0.2, 0) is 22.6 Å². The van der Waals surface area contributed by atoms with Crippen LogP contribution in [0.4, 0.5) is 26.3 Å². The third-order valence-electron chi connectivity index (χ3n) is 6.24. The van der Waals surface area contributed by atoms with Gasteiger partial charge in [0.05, 0.1) is 28.7 Å². The van der Waals surface area contributed by atoms with E-state index in [9.17, 15) is 36.4 Å². The Morgan fingerprint density at radius 1 is 1.00 bits per heavy atom. The predicted octanol–water partition coefficient (Wildman–Crippen LogP) is 6.55. The Hall–Kier alpha value is -3.02. The van der Waals surface area contributed by atoms with Gasteiger partial charge in [-0.25, -0.2) is 0 Å². The Labute approximate surface area is 187 Å². The Kier molecular flexibility index (Phi) is 6.78. The van der Waals surface area contributed by atoms with Gasteiger partial charge in [0.15, 0.2) is 0 Å². The molecule has 1 fully saturated rings. The predicted molar refractivity (Wildman–Crippen MR) is 109 cm³/mol. The summed E-state index contributed by atoms with van der Waals surface area (Å²) < 4.78 is 79.3. The summed E-state index contributed by atoms with van der Waals surface area (Å²) in [5.74, 6) is -0.687. The maximum Gasteiger partial charge on any atom is 0.416 e. The van der Waals surface area contributed by atoms with Gasteiger partial charge in [-0.3, -0.25) is 4.79 Å². The maximum atomic E-state index is 13.4. The zero-order valence-corrected chi connectivity index (χ0v) is 17.7. The lowest BCUT2D eigenvalue weighted by atomic mass is 9.66. The van der Waals surface area contributed by atoms with E-state index >= 15 is 0 Å². The molecule has 0 heterocycles. The third kappa shape index (κ3) is 5.32. The van der Waals surface area contributed by atoms with Gasteiger partial charge in [0.2, 0.25) is 5.91 Å². The van der Waals surface area contributed by atoms with Crippen molar-refractivity contribution in [3.8, 4) is 6.07 Å². The van der Waals surface area contributed by atoms with Crippen molar-refractivity contribution in [3.63, 3.8) is 0 Å². The van der Waals surface area contributed by atoms with Gasteiger partial charge in [0, 0.05) is 5.92 Å². The second-order valence-electron chi connectivity index (χ2n) is 8.39. The highest BCUT2D eigenvalue weighted by Gasteiger charge is 2.44. The van der Waals surface area contributed by atoms with Gasteiger partial charge in [-0.2, -0.15) is 31.6 Å². The smallest absolute Gasteiger partial charge is 0.349 e. The van der Waals surface area contributed by atoms with E-state index in [0.29, 0.717) is 43.4 Å². The number of carbonyl (C=O) groups excluding carboxylic acids is 1. The molecular weight excluding hydrogens is 446 g/mol. The summed E-state index contributed by atoms with van der Waals surface area (Å²) in [6.07, 6.45) is -8.31. The van der Waals surface area contributed by atoms with Gasteiger partial charge >= 0.3 is 12.4 Å². The van der Waals surface area contributed by atoms with Gasteiger partial charge in [0.25, 0.3) is 0 Å². The average Bonchev–Trinajstić information content (AvgIpc) is 2.78. The monoisotopic (exact) mass is 468 g/mol. The fraction of sp³-hybridized carbons (Fsp3) is 0.417. The van der Waals surface area contributed by atoms with Crippen LogP contribution in [0.1, 0.15) is 60.9 Å². The van der Waals surface area contributed by atoms with Crippen molar-refractivity contribution in [2.75, 3.05) is 0 Å². The van der Waals surface area contributed by atoms with E-state index in [1.54, 1.807) is 30.3 Å². The first kappa shape index (κ1) is 24.6. The molecule has 0 saturated heterocycles. The van der Waals surface area contributed by atoms with Crippen molar-refractivity contribution in [1.29, 1.82) is 5.26 Å². The quantitative estimate of drug-likeness (QED) is 0.517. The number of hydrogen-bond acceptors (Lipinski definition) is 2. The van der Waals surface area contributed by atoms with Crippen molar-refractivity contribution < 1.29 is 31.1 Å². The first-order valence-electron chi connectivity index (χ1n) is 10.4. The summed E-state index contributed by atoms with van der Waals surface area (Å²) >= 11 is 0. The van der Waals surface area contributed by atoms with Crippen LogP contribution < -0.4 is 5.32 Å². The van der Waals surface area contributed by atoms with E-state index in [4.69, 9.17) is 0 Å². The SMILES string of the molecule is CC(NC(=O)[C@]1(c2ccccc2)CC[C@@H](C#N)CC1)c1cc(C(F)(F)F)cc(C(F)(F)F)c1. The largest absolute Gasteiger partial charge is 0.416 e. The summed E-state index contributed by atoms with van der Waals surface area (Å²) in [6.45, 7) is 1.35. The van der Waals surface area contributed by atoms with Crippen LogP contribution in [0.25, 0.3) is 0 Å². The summed E-state index contributed by atoms with van der Waals surface area (Å²) in [5.41, 5.74) is -3.47. The first-order chi connectivity index (χ1) is 15.4. The van der Waals surface area contributed by atoms with Crippen LogP contribution in [0.5, 0.6) is 0 Å². The highest BCUT2D eigenvalue weighted by atomic mass is 19.4. The number of halogens is 6. The second-order valence-corrected chi connectivity index (χ2v) is 8.39. The number of alkyl halides is 6. The molecule has 0 aliphatic heterocycles. The lowest BCUT2D eigenvalue weighted by Crippen LogP contribution is -2.47. The standard InChI is InChI=1S/C24H22F6N2O/c1-15(17-11-19(23(25,26)27)13-20(12-17)24(28,29)30)32-21(33)22(18-5-3-2-4-6-18)9-7-16(14-31)8-10-22/h2-6,11-13,15-16H,7-10H2,1H3,(H,32,33)/t15?,16-,22-. The molecule has 9 heteroatoms. The Balaban J connectivity index is 1.95. The lowest BCUT2D eigenvalue weighted by Gasteiger charge is -2.38. The molecule has 3 nitrogen and oxygen atoms in total. The molecule has 1 N–H and O–H groups in total. The molecule has 2 aromatic carbocycles. The number of carbonyl (C=O) groups is 1. The van der Waals surface area contributed by atoms with Crippen molar-refractivity contribution in [1.82, 2.24) is 5.32 Å². The molecule has 0 spiro atoms. The molecule has 0 bridgehead atoms. The minimum absolute atomic E-state index is 0.0622. The number of amides is 1. The van der Waals surface area contributed by atoms with E-state index in [1.165, 1.54) is 6.92 Å². The van der Waals surface area contributed by atoms with Crippen LogP contribution in [0.3, 0.4) is 0 Å². The molecule has 1 unspecified atom stereocenters. The zero-order valence-electron chi connectivity index (χ0n) is 17.7. The Morgan fingerprint density at radius 2 is 1.52 bits per heavy atom. The molecule has 0 radical (unpaired) electrons. The maximum absolute atomic E-state index is 13.4. The second kappa shape index (κ2) is 9.08. The molecule has 1 aliphatic carbocycles. The van der Waals surface area contributed by atoms with Crippen LogP contribution in [-0.4, -0.2) is 5.91 Å². The molecule has 3 rings (SSSR count). The van der Waals surface area contributed by atoms with Crippen molar-refractivity contribution >= 4 is 5.91 Å². The molecule has 176 valence electrons.